The predicted molar refractivity (Wildman–Crippen MR) is 59.5 cm³/mol. The van der Waals surface area contributed by atoms with Crippen LogP contribution in [0.5, 0.6) is 0 Å². The molecular formula is C11H12N4O2. The minimum absolute atomic E-state index is 0.220. The lowest BCUT2D eigenvalue weighted by Crippen LogP contribution is -2.07. The van der Waals surface area contributed by atoms with Gasteiger partial charge in [0.1, 0.15) is 6.33 Å². The Bertz CT molecular complexity index is 479. The number of tetrazole rings is 1. The molecule has 88 valence electrons. The van der Waals surface area contributed by atoms with Crippen LogP contribution in [0.15, 0.2) is 30.6 Å². The molecule has 0 N–H and O–H groups in total. The minimum Gasteiger partial charge on any atom is -0.466 e. The number of esters is 1. The molecule has 2 aromatic rings. The van der Waals surface area contributed by atoms with E-state index in [0.29, 0.717) is 6.61 Å². The van der Waals surface area contributed by atoms with E-state index in [2.05, 4.69) is 15.5 Å². The maximum atomic E-state index is 11.3. The van der Waals surface area contributed by atoms with Gasteiger partial charge in [0, 0.05) is 0 Å². The lowest BCUT2D eigenvalue weighted by atomic mass is 10.1. The van der Waals surface area contributed by atoms with E-state index in [9.17, 15) is 4.79 Å². The van der Waals surface area contributed by atoms with Gasteiger partial charge in [-0.3, -0.25) is 4.79 Å². The Kier molecular flexibility index (Phi) is 3.44. The molecule has 0 aliphatic rings. The van der Waals surface area contributed by atoms with E-state index in [0.717, 1.165) is 11.3 Å². The summed E-state index contributed by atoms with van der Waals surface area (Å²) in [4.78, 5) is 11.3. The summed E-state index contributed by atoms with van der Waals surface area (Å²) >= 11 is 0. The van der Waals surface area contributed by atoms with Crippen LogP contribution in [0.1, 0.15) is 12.5 Å². The number of aromatic nitrogens is 4. The second kappa shape index (κ2) is 5.20. The predicted octanol–water partition coefficient (Wildman–Crippen LogP) is 0.768. The Morgan fingerprint density at radius 3 is 2.71 bits per heavy atom. The van der Waals surface area contributed by atoms with Gasteiger partial charge in [-0.2, -0.15) is 0 Å². The van der Waals surface area contributed by atoms with Gasteiger partial charge >= 0.3 is 5.97 Å². The molecule has 0 aliphatic heterocycles. The van der Waals surface area contributed by atoms with Gasteiger partial charge in [-0.1, -0.05) is 12.1 Å². The maximum Gasteiger partial charge on any atom is 0.310 e. The molecule has 1 heterocycles. The Balaban J connectivity index is 2.06. The first-order valence-electron chi connectivity index (χ1n) is 5.27. The zero-order valence-corrected chi connectivity index (χ0v) is 9.41. The van der Waals surface area contributed by atoms with Gasteiger partial charge in [-0.15, -0.1) is 5.10 Å². The molecule has 1 aromatic heterocycles. The molecule has 0 aliphatic carbocycles. The summed E-state index contributed by atoms with van der Waals surface area (Å²) in [6.45, 7) is 2.19. The SMILES string of the molecule is CCOC(=O)Cc1ccc(-n2cnnn2)cc1. The van der Waals surface area contributed by atoms with Crippen molar-refractivity contribution in [3.63, 3.8) is 0 Å². The van der Waals surface area contributed by atoms with Crippen LogP contribution >= 0.6 is 0 Å². The maximum absolute atomic E-state index is 11.3. The molecule has 0 fully saturated rings. The quantitative estimate of drug-likeness (QED) is 0.728. The van der Waals surface area contributed by atoms with Crippen LogP contribution in [0.25, 0.3) is 5.69 Å². The molecule has 0 spiro atoms. The van der Waals surface area contributed by atoms with Crippen LogP contribution in [0, 0.1) is 0 Å². The third-order valence-electron chi connectivity index (χ3n) is 2.20. The number of carbonyl (C=O) groups excluding carboxylic acids is 1. The summed E-state index contributed by atoms with van der Waals surface area (Å²) in [6.07, 6.45) is 1.80. The average Bonchev–Trinajstić information content (AvgIpc) is 2.84. The summed E-state index contributed by atoms with van der Waals surface area (Å²) < 4.78 is 6.42. The topological polar surface area (TPSA) is 69.9 Å². The second-order valence-electron chi connectivity index (χ2n) is 3.40. The van der Waals surface area contributed by atoms with Gasteiger partial charge in [-0.05, 0) is 35.0 Å². The third kappa shape index (κ3) is 2.87. The molecule has 17 heavy (non-hydrogen) atoms. The van der Waals surface area contributed by atoms with Crippen LogP contribution in [-0.4, -0.2) is 32.8 Å². The van der Waals surface area contributed by atoms with Crippen LogP contribution < -0.4 is 0 Å². The fraction of sp³-hybridized carbons (Fsp3) is 0.273. The number of hydrogen-bond donors (Lipinski definition) is 0. The Labute approximate surface area is 98.2 Å². The van der Waals surface area contributed by atoms with Gasteiger partial charge in [0.15, 0.2) is 0 Å². The molecule has 2 rings (SSSR count). The molecule has 0 radical (unpaired) electrons. The highest BCUT2D eigenvalue weighted by molar-refractivity contribution is 5.72. The molecule has 0 bridgehead atoms. The van der Waals surface area contributed by atoms with Crippen molar-refractivity contribution in [2.45, 2.75) is 13.3 Å². The minimum atomic E-state index is -0.220. The third-order valence-corrected chi connectivity index (χ3v) is 2.20. The summed E-state index contributed by atoms with van der Waals surface area (Å²) in [5.41, 5.74) is 1.75. The first kappa shape index (κ1) is 11.3. The zero-order chi connectivity index (χ0) is 12.1. The van der Waals surface area contributed by atoms with Crippen molar-refractivity contribution in [2.24, 2.45) is 0 Å². The van der Waals surface area contributed by atoms with Crippen molar-refractivity contribution < 1.29 is 9.53 Å². The number of benzene rings is 1. The first-order valence-corrected chi connectivity index (χ1v) is 5.27. The highest BCUT2D eigenvalue weighted by atomic mass is 16.5. The Morgan fingerprint density at radius 1 is 1.35 bits per heavy atom. The summed E-state index contributed by atoms with van der Waals surface area (Å²) in [7, 11) is 0. The van der Waals surface area contributed by atoms with Gasteiger partial charge in [-0.25, -0.2) is 4.68 Å². The van der Waals surface area contributed by atoms with Gasteiger partial charge in [0.05, 0.1) is 18.7 Å². The van der Waals surface area contributed by atoms with Crippen molar-refractivity contribution in [3.8, 4) is 5.69 Å². The monoisotopic (exact) mass is 232 g/mol. The fourth-order valence-corrected chi connectivity index (χ4v) is 1.42. The molecule has 6 nitrogen and oxygen atoms in total. The van der Waals surface area contributed by atoms with E-state index in [1.165, 1.54) is 6.33 Å². The highest BCUT2D eigenvalue weighted by Crippen LogP contribution is 2.08. The van der Waals surface area contributed by atoms with Crippen LogP contribution in [0.2, 0.25) is 0 Å². The first-order chi connectivity index (χ1) is 8.29. The van der Waals surface area contributed by atoms with Crippen molar-refractivity contribution in [2.75, 3.05) is 6.61 Å². The Hall–Kier alpha value is -2.24. The van der Waals surface area contributed by atoms with Crippen molar-refractivity contribution in [1.82, 2.24) is 20.2 Å². The number of hydrogen-bond acceptors (Lipinski definition) is 5. The molecular weight excluding hydrogens is 220 g/mol. The summed E-state index contributed by atoms with van der Waals surface area (Å²) in [6, 6.07) is 7.41. The van der Waals surface area contributed by atoms with Gasteiger partial charge in [0.2, 0.25) is 0 Å². The number of carbonyl (C=O) groups is 1. The molecule has 0 atom stereocenters. The number of nitrogens with zero attached hydrogens (tertiary/aromatic N) is 4. The van der Waals surface area contributed by atoms with E-state index in [-0.39, 0.29) is 12.4 Å². The summed E-state index contributed by atoms with van der Waals surface area (Å²) in [5, 5.41) is 10.9. The smallest absolute Gasteiger partial charge is 0.310 e. The number of ether oxygens (including phenoxy) is 1. The lowest BCUT2D eigenvalue weighted by Gasteiger charge is -2.03. The molecule has 1 aromatic carbocycles. The lowest BCUT2D eigenvalue weighted by molar-refractivity contribution is -0.142. The molecule has 0 saturated heterocycles. The molecule has 6 heteroatoms. The molecule has 0 saturated carbocycles. The summed E-state index contributed by atoms with van der Waals surface area (Å²) in [5.74, 6) is -0.220. The van der Waals surface area contributed by atoms with E-state index < -0.39 is 0 Å². The fourth-order valence-electron chi connectivity index (χ4n) is 1.42. The molecule has 0 unspecified atom stereocenters. The van der Waals surface area contributed by atoms with E-state index in [4.69, 9.17) is 4.74 Å². The van der Waals surface area contributed by atoms with Crippen LogP contribution in [-0.2, 0) is 16.0 Å². The van der Waals surface area contributed by atoms with Crippen molar-refractivity contribution >= 4 is 5.97 Å². The normalized spacial score (nSPS) is 10.2. The van der Waals surface area contributed by atoms with E-state index >= 15 is 0 Å². The Morgan fingerprint density at radius 2 is 2.12 bits per heavy atom. The van der Waals surface area contributed by atoms with Gasteiger partial charge < -0.3 is 4.74 Å². The second-order valence-corrected chi connectivity index (χ2v) is 3.40. The standard InChI is InChI=1S/C11H12N4O2/c1-2-17-11(16)7-9-3-5-10(6-4-9)15-8-12-13-14-15/h3-6,8H,2,7H2,1H3. The number of rotatable bonds is 4. The highest BCUT2D eigenvalue weighted by Gasteiger charge is 2.04. The average molecular weight is 232 g/mol. The largest absolute Gasteiger partial charge is 0.466 e. The van der Waals surface area contributed by atoms with Crippen molar-refractivity contribution in [1.29, 1.82) is 0 Å². The van der Waals surface area contributed by atoms with Crippen molar-refractivity contribution in [3.05, 3.63) is 36.2 Å². The van der Waals surface area contributed by atoms with E-state index in [1.807, 2.05) is 24.3 Å². The zero-order valence-electron chi connectivity index (χ0n) is 9.41. The molecule has 0 amide bonds. The van der Waals surface area contributed by atoms with E-state index in [1.54, 1.807) is 11.6 Å². The van der Waals surface area contributed by atoms with Gasteiger partial charge in [0.25, 0.3) is 0 Å². The van der Waals surface area contributed by atoms with Crippen LogP contribution in [0.4, 0.5) is 0 Å². The van der Waals surface area contributed by atoms with Crippen LogP contribution in [0.3, 0.4) is 0 Å².